The van der Waals surface area contributed by atoms with Gasteiger partial charge in [-0.1, -0.05) is 0 Å². The number of carbonyl (C=O) groups excluding carboxylic acids is 1. The molecule has 2 aromatic rings. The quantitative estimate of drug-likeness (QED) is 0.860. The molecule has 0 radical (unpaired) electrons. The van der Waals surface area contributed by atoms with Crippen molar-refractivity contribution in [3.63, 3.8) is 0 Å². The van der Waals surface area contributed by atoms with E-state index in [2.05, 4.69) is 23.3 Å². The van der Waals surface area contributed by atoms with Crippen LogP contribution in [0.2, 0.25) is 0 Å². The van der Waals surface area contributed by atoms with Gasteiger partial charge in [0.15, 0.2) is 0 Å². The Hall–Kier alpha value is -1.94. The Morgan fingerprint density at radius 2 is 2.00 bits per heavy atom. The molecule has 1 saturated heterocycles. The molecule has 1 fully saturated rings. The summed E-state index contributed by atoms with van der Waals surface area (Å²) in [6, 6.07) is 6.05. The van der Waals surface area contributed by atoms with Gasteiger partial charge in [-0.25, -0.2) is 0 Å². The van der Waals surface area contributed by atoms with E-state index < -0.39 is 0 Å². The van der Waals surface area contributed by atoms with Crippen molar-refractivity contribution in [2.75, 3.05) is 26.2 Å². The summed E-state index contributed by atoms with van der Waals surface area (Å²) in [6.45, 7) is 7.34. The minimum atomic E-state index is 0.0956. The minimum Gasteiger partial charge on any atom is -0.336 e. The molecule has 0 atom stereocenters. The molecule has 4 heteroatoms. The molecule has 1 N–H and O–H groups in total. The van der Waals surface area contributed by atoms with Gasteiger partial charge in [-0.15, -0.1) is 0 Å². The number of aryl methyl sites for hydroxylation is 2. The lowest BCUT2D eigenvalue weighted by atomic mass is 10.0. The second-order valence-electron chi connectivity index (χ2n) is 5.38. The van der Waals surface area contributed by atoms with E-state index in [0.29, 0.717) is 0 Å². The number of amides is 1. The number of carbonyl (C=O) groups is 1. The van der Waals surface area contributed by atoms with Gasteiger partial charge in [-0.3, -0.25) is 9.78 Å². The molecule has 0 bridgehead atoms. The molecule has 1 aliphatic rings. The second kappa shape index (κ2) is 5.21. The number of piperazine rings is 1. The maximum atomic E-state index is 12.7. The first-order valence-electron chi connectivity index (χ1n) is 7.03. The number of aromatic nitrogens is 1. The van der Waals surface area contributed by atoms with Crippen molar-refractivity contribution in [2.24, 2.45) is 0 Å². The fourth-order valence-electron chi connectivity index (χ4n) is 2.73. The zero-order valence-corrected chi connectivity index (χ0v) is 11.9. The van der Waals surface area contributed by atoms with E-state index in [4.69, 9.17) is 0 Å². The normalized spacial score (nSPS) is 15.6. The molecule has 0 saturated carbocycles. The molecule has 4 nitrogen and oxygen atoms in total. The van der Waals surface area contributed by atoms with Crippen LogP contribution < -0.4 is 5.32 Å². The maximum absolute atomic E-state index is 12.7. The third-order valence-corrected chi connectivity index (χ3v) is 3.84. The minimum absolute atomic E-state index is 0.0956. The van der Waals surface area contributed by atoms with Crippen LogP contribution in [0.25, 0.3) is 10.9 Å². The summed E-state index contributed by atoms with van der Waals surface area (Å²) in [6.07, 6.45) is 1.78. The number of rotatable bonds is 1. The molecule has 0 unspecified atom stereocenters. The lowest BCUT2D eigenvalue weighted by molar-refractivity contribution is 0.0737. The number of fused-ring (bicyclic) bond motifs is 1. The van der Waals surface area contributed by atoms with Gasteiger partial charge in [0.2, 0.25) is 0 Å². The first kappa shape index (κ1) is 13.1. The Balaban J connectivity index is 2.10. The molecule has 3 rings (SSSR count). The maximum Gasteiger partial charge on any atom is 0.256 e. The molecule has 2 heterocycles. The Labute approximate surface area is 118 Å². The highest BCUT2D eigenvalue weighted by Gasteiger charge is 2.21. The van der Waals surface area contributed by atoms with Gasteiger partial charge in [0.1, 0.15) is 0 Å². The molecular formula is C16H19N3O. The monoisotopic (exact) mass is 269 g/mol. The van der Waals surface area contributed by atoms with Gasteiger partial charge < -0.3 is 10.2 Å². The average molecular weight is 269 g/mol. The molecule has 1 amide bonds. The van der Waals surface area contributed by atoms with Gasteiger partial charge >= 0.3 is 0 Å². The van der Waals surface area contributed by atoms with Crippen molar-refractivity contribution >= 4 is 16.8 Å². The summed E-state index contributed by atoms with van der Waals surface area (Å²) >= 11 is 0. The van der Waals surface area contributed by atoms with Crippen molar-refractivity contribution in [1.29, 1.82) is 0 Å². The summed E-state index contributed by atoms with van der Waals surface area (Å²) in [4.78, 5) is 19.1. The molecule has 20 heavy (non-hydrogen) atoms. The van der Waals surface area contributed by atoms with E-state index in [0.717, 1.165) is 53.8 Å². The van der Waals surface area contributed by atoms with Crippen LogP contribution in [0.1, 0.15) is 21.5 Å². The largest absolute Gasteiger partial charge is 0.336 e. The van der Waals surface area contributed by atoms with Crippen LogP contribution in [0.4, 0.5) is 0 Å². The Morgan fingerprint density at radius 3 is 2.75 bits per heavy atom. The number of nitrogens with zero attached hydrogens (tertiary/aromatic N) is 2. The van der Waals surface area contributed by atoms with Gasteiger partial charge in [-0.05, 0) is 43.2 Å². The lowest BCUT2D eigenvalue weighted by Crippen LogP contribution is -2.46. The number of benzene rings is 1. The molecule has 0 spiro atoms. The lowest BCUT2D eigenvalue weighted by Gasteiger charge is -2.27. The summed E-state index contributed by atoms with van der Waals surface area (Å²) < 4.78 is 0. The number of pyridine rings is 1. The molecule has 1 aromatic heterocycles. The van der Waals surface area contributed by atoms with Crippen molar-refractivity contribution < 1.29 is 4.79 Å². The van der Waals surface area contributed by atoms with Gasteiger partial charge in [-0.2, -0.15) is 0 Å². The summed E-state index contributed by atoms with van der Waals surface area (Å²) in [5, 5.41) is 4.34. The first-order chi connectivity index (χ1) is 9.66. The summed E-state index contributed by atoms with van der Waals surface area (Å²) in [7, 11) is 0. The van der Waals surface area contributed by atoms with Crippen molar-refractivity contribution in [3.05, 3.63) is 41.1 Å². The van der Waals surface area contributed by atoms with Crippen molar-refractivity contribution in [3.8, 4) is 0 Å². The van der Waals surface area contributed by atoms with E-state index in [1.165, 1.54) is 0 Å². The van der Waals surface area contributed by atoms with E-state index >= 15 is 0 Å². The highest BCUT2D eigenvalue weighted by molar-refractivity contribution is 6.06. The van der Waals surface area contributed by atoms with E-state index in [1.54, 1.807) is 6.20 Å². The van der Waals surface area contributed by atoms with Crippen LogP contribution in [0, 0.1) is 13.8 Å². The number of hydrogen-bond donors (Lipinski definition) is 1. The summed E-state index contributed by atoms with van der Waals surface area (Å²) in [5.41, 5.74) is 3.81. The number of hydrogen-bond acceptors (Lipinski definition) is 3. The zero-order chi connectivity index (χ0) is 14.1. The topological polar surface area (TPSA) is 45.2 Å². The van der Waals surface area contributed by atoms with Gasteiger partial charge in [0, 0.05) is 37.8 Å². The summed E-state index contributed by atoms with van der Waals surface area (Å²) in [5.74, 6) is 0.0956. The second-order valence-corrected chi connectivity index (χ2v) is 5.38. The molecule has 104 valence electrons. The van der Waals surface area contributed by atoms with Crippen LogP contribution in [-0.4, -0.2) is 42.0 Å². The third kappa shape index (κ3) is 2.27. The predicted molar refractivity (Wildman–Crippen MR) is 80.0 cm³/mol. The van der Waals surface area contributed by atoms with Crippen LogP contribution in [0.15, 0.2) is 24.4 Å². The standard InChI is InChI=1S/C16H19N3O/c1-11-9-13-12(2)3-4-18-15(13)14(10-11)16(20)19-7-5-17-6-8-19/h3-4,9-10,17H,5-8H2,1-2H3. The molecular weight excluding hydrogens is 250 g/mol. The first-order valence-corrected chi connectivity index (χ1v) is 7.03. The fraction of sp³-hybridized carbons (Fsp3) is 0.375. The average Bonchev–Trinajstić information content (AvgIpc) is 2.48. The van der Waals surface area contributed by atoms with Crippen molar-refractivity contribution in [1.82, 2.24) is 15.2 Å². The van der Waals surface area contributed by atoms with Crippen molar-refractivity contribution in [2.45, 2.75) is 13.8 Å². The fourth-order valence-corrected chi connectivity index (χ4v) is 2.73. The SMILES string of the molecule is Cc1cc(C(=O)N2CCNCC2)c2nccc(C)c2c1. The smallest absolute Gasteiger partial charge is 0.256 e. The van der Waals surface area contributed by atoms with Gasteiger partial charge in [0.05, 0.1) is 11.1 Å². The Bertz CT molecular complexity index is 660. The predicted octanol–water partition coefficient (Wildman–Crippen LogP) is 1.90. The highest BCUT2D eigenvalue weighted by Crippen LogP contribution is 2.23. The molecule has 0 aliphatic carbocycles. The van der Waals surface area contributed by atoms with E-state index in [-0.39, 0.29) is 5.91 Å². The molecule has 1 aromatic carbocycles. The van der Waals surface area contributed by atoms with E-state index in [9.17, 15) is 4.79 Å². The van der Waals surface area contributed by atoms with Crippen LogP contribution in [-0.2, 0) is 0 Å². The van der Waals surface area contributed by atoms with Gasteiger partial charge in [0.25, 0.3) is 5.91 Å². The highest BCUT2D eigenvalue weighted by atomic mass is 16.2. The Kier molecular flexibility index (Phi) is 3.40. The number of nitrogens with one attached hydrogen (secondary N) is 1. The van der Waals surface area contributed by atoms with Crippen LogP contribution in [0.5, 0.6) is 0 Å². The van der Waals surface area contributed by atoms with Crippen LogP contribution >= 0.6 is 0 Å². The molecule has 1 aliphatic heterocycles. The Morgan fingerprint density at radius 1 is 1.25 bits per heavy atom. The van der Waals surface area contributed by atoms with Crippen LogP contribution in [0.3, 0.4) is 0 Å². The van der Waals surface area contributed by atoms with E-state index in [1.807, 2.05) is 24.0 Å². The third-order valence-electron chi connectivity index (χ3n) is 3.84. The zero-order valence-electron chi connectivity index (χ0n) is 11.9.